The molecular formula is C16H21NO3. The van der Waals surface area contributed by atoms with Gasteiger partial charge in [0.05, 0.1) is 12.6 Å². The van der Waals surface area contributed by atoms with Gasteiger partial charge in [0.2, 0.25) is 0 Å². The Morgan fingerprint density at radius 2 is 1.90 bits per heavy atom. The third-order valence-corrected chi connectivity index (χ3v) is 2.46. The van der Waals surface area contributed by atoms with Crippen LogP contribution in [-0.2, 0) is 9.53 Å². The van der Waals surface area contributed by atoms with Crippen molar-refractivity contribution < 1.29 is 14.3 Å². The maximum atomic E-state index is 12.2. The van der Waals surface area contributed by atoms with Gasteiger partial charge >= 0.3 is 5.97 Å². The second-order valence-corrected chi connectivity index (χ2v) is 5.41. The van der Waals surface area contributed by atoms with E-state index in [9.17, 15) is 9.59 Å². The SMILES string of the molecule is C=C[C@@H](NCC(=O)OC(C)(C)C)C(=O)c1ccccc1. The van der Waals surface area contributed by atoms with E-state index in [-0.39, 0.29) is 12.3 Å². The normalized spacial score (nSPS) is 12.6. The van der Waals surface area contributed by atoms with Crippen molar-refractivity contribution in [2.24, 2.45) is 0 Å². The van der Waals surface area contributed by atoms with E-state index < -0.39 is 17.6 Å². The van der Waals surface area contributed by atoms with E-state index in [1.165, 1.54) is 6.08 Å². The van der Waals surface area contributed by atoms with Crippen LogP contribution < -0.4 is 5.32 Å². The molecule has 0 aliphatic carbocycles. The molecule has 108 valence electrons. The summed E-state index contributed by atoms with van der Waals surface area (Å²) in [4.78, 5) is 23.8. The van der Waals surface area contributed by atoms with Crippen LogP contribution in [0.1, 0.15) is 31.1 Å². The highest BCUT2D eigenvalue weighted by molar-refractivity contribution is 6.01. The Kier molecular flexibility index (Phi) is 5.65. The summed E-state index contributed by atoms with van der Waals surface area (Å²) in [5, 5.41) is 2.85. The Morgan fingerprint density at radius 1 is 1.30 bits per heavy atom. The van der Waals surface area contributed by atoms with Crippen LogP contribution in [-0.4, -0.2) is 29.9 Å². The fourth-order valence-electron chi connectivity index (χ4n) is 1.64. The van der Waals surface area contributed by atoms with E-state index in [0.29, 0.717) is 5.56 Å². The van der Waals surface area contributed by atoms with Crippen LogP contribution in [0.3, 0.4) is 0 Å². The fraction of sp³-hybridized carbons (Fsp3) is 0.375. The molecule has 0 saturated heterocycles. The zero-order valence-corrected chi connectivity index (χ0v) is 12.2. The number of Topliss-reactive ketones (excluding diaryl/α,β-unsaturated/α-hetero) is 1. The number of nitrogens with one attached hydrogen (secondary N) is 1. The molecule has 4 nitrogen and oxygen atoms in total. The Labute approximate surface area is 119 Å². The maximum Gasteiger partial charge on any atom is 0.320 e. The maximum absolute atomic E-state index is 12.2. The first kappa shape index (κ1) is 16.1. The molecule has 1 aromatic carbocycles. The van der Waals surface area contributed by atoms with Crippen molar-refractivity contribution in [2.45, 2.75) is 32.4 Å². The van der Waals surface area contributed by atoms with Crippen molar-refractivity contribution in [3.63, 3.8) is 0 Å². The molecule has 0 bridgehead atoms. The van der Waals surface area contributed by atoms with Crippen LogP contribution in [0.4, 0.5) is 0 Å². The zero-order chi connectivity index (χ0) is 15.2. The zero-order valence-electron chi connectivity index (χ0n) is 12.2. The first-order valence-corrected chi connectivity index (χ1v) is 6.50. The highest BCUT2D eigenvalue weighted by Gasteiger charge is 2.20. The average molecular weight is 275 g/mol. The second-order valence-electron chi connectivity index (χ2n) is 5.41. The number of benzene rings is 1. The second kappa shape index (κ2) is 7.01. The summed E-state index contributed by atoms with van der Waals surface area (Å²) < 4.78 is 5.17. The smallest absolute Gasteiger partial charge is 0.320 e. The lowest BCUT2D eigenvalue weighted by Crippen LogP contribution is -2.40. The van der Waals surface area contributed by atoms with E-state index >= 15 is 0 Å². The largest absolute Gasteiger partial charge is 0.459 e. The van der Waals surface area contributed by atoms with E-state index in [1.807, 2.05) is 6.07 Å². The van der Waals surface area contributed by atoms with Gasteiger partial charge in [-0.1, -0.05) is 36.4 Å². The Bertz CT molecular complexity index is 474. The van der Waals surface area contributed by atoms with Crippen molar-refractivity contribution >= 4 is 11.8 Å². The summed E-state index contributed by atoms with van der Waals surface area (Å²) in [6.07, 6.45) is 1.49. The molecule has 0 aliphatic heterocycles. The Hall–Kier alpha value is -1.94. The van der Waals surface area contributed by atoms with Crippen LogP contribution in [0.2, 0.25) is 0 Å². The summed E-state index contributed by atoms with van der Waals surface area (Å²) in [7, 11) is 0. The predicted octanol–water partition coefficient (Wildman–Crippen LogP) is 2.36. The number of esters is 1. The standard InChI is InChI=1S/C16H21NO3/c1-5-13(15(19)12-9-7-6-8-10-12)17-11-14(18)20-16(2,3)4/h5-10,13,17H,1,11H2,2-4H3/t13-/m1/s1. The van der Waals surface area contributed by atoms with Gasteiger partial charge in [0, 0.05) is 5.56 Å². The van der Waals surface area contributed by atoms with Crippen LogP contribution in [0, 0.1) is 0 Å². The van der Waals surface area contributed by atoms with E-state index in [4.69, 9.17) is 4.74 Å². The minimum absolute atomic E-state index is 0.0352. The molecule has 0 saturated carbocycles. The monoisotopic (exact) mass is 275 g/mol. The van der Waals surface area contributed by atoms with Crippen molar-refractivity contribution in [3.8, 4) is 0 Å². The molecule has 0 aromatic heterocycles. The van der Waals surface area contributed by atoms with Crippen molar-refractivity contribution in [1.29, 1.82) is 0 Å². The fourth-order valence-corrected chi connectivity index (χ4v) is 1.64. The number of carbonyl (C=O) groups excluding carboxylic acids is 2. The summed E-state index contributed by atoms with van der Waals surface area (Å²) in [6.45, 7) is 8.98. The molecule has 4 heteroatoms. The van der Waals surface area contributed by atoms with Crippen LogP contribution in [0.25, 0.3) is 0 Å². The molecule has 1 N–H and O–H groups in total. The Morgan fingerprint density at radius 3 is 2.40 bits per heavy atom. The number of carbonyl (C=O) groups is 2. The molecule has 0 unspecified atom stereocenters. The van der Waals surface area contributed by atoms with Gasteiger partial charge in [-0.15, -0.1) is 6.58 Å². The van der Waals surface area contributed by atoms with Gasteiger partial charge in [-0.2, -0.15) is 0 Å². The number of hydrogen-bond donors (Lipinski definition) is 1. The van der Waals surface area contributed by atoms with Gasteiger partial charge < -0.3 is 4.74 Å². The van der Waals surface area contributed by atoms with Gasteiger partial charge in [-0.05, 0) is 20.8 Å². The quantitative estimate of drug-likeness (QED) is 0.492. The predicted molar refractivity (Wildman–Crippen MR) is 78.6 cm³/mol. The number of hydrogen-bond acceptors (Lipinski definition) is 4. The lowest BCUT2D eigenvalue weighted by atomic mass is 10.0. The first-order chi connectivity index (χ1) is 9.33. The van der Waals surface area contributed by atoms with Gasteiger partial charge in [0.1, 0.15) is 5.60 Å². The van der Waals surface area contributed by atoms with Crippen molar-refractivity contribution in [1.82, 2.24) is 5.32 Å². The average Bonchev–Trinajstić information content (AvgIpc) is 2.38. The number of ketones is 1. The lowest BCUT2D eigenvalue weighted by molar-refractivity contribution is -0.153. The number of rotatable bonds is 6. The van der Waals surface area contributed by atoms with Gasteiger partial charge in [-0.25, -0.2) is 0 Å². The molecule has 0 amide bonds. The number of ether oxygens (including phenoxy) is 1. The first-order valence-electron chi connectivity index (χ1n) is 6.50. The van der Waals surface area contributed by atoms with Gasteiger partial charge in [0.25, 0.3) is 0 Å². The molecule has 0 radical (unpaired) electrons. The van der Waals surface area contributed by atoms with Crippen LogP contribution >= 0.6 is 0 Å². The Balaban J connectivity index is 2.58. The highest BCUT2D eigenvalue weighted by atomic mass is 16.6. The summed E-state index contributed by atoms with van der Waals surface area (Å²) in [5.74, 6) is -0.519. The van der Waals surface area contributed by atoms with E-state index in [2.05, 4.69) is 11.9 Å². The van der Waals surface area contributed by atoms with Crippen molar-refractivity contribution in [3.05, 3.63) is 48.6 Å². The lowest BCUT2D eigenvalue weighted by Gasteiger charge is -2.20. The van der Waals surface area contributed by atoms with Crippen molar-refractivity contribution in [2.75, 3.05) is 6.54 Å². The molecular weight excluding hydrogens is 254 g/mol. The van der Waals surface area contributed by atoms with Crippen LogP contribution in [0.5, 0.6) is 0 Å². The molecule has 0 spiro atoms. The molecule has 1 rings (SSSR count). The van der Waals surface area contributed by atoms with Crippen LogP contribution in [0.15, 0.2) is 43.0 Å². The molecule has 1 aromatic rings. The van der Waals surface area contributed by atoms with E-state index in [0.717, 1.165) is 0 Å². The summed E-state index contributed by atoms with van der Waals surface area (Å²) >= 11 is 0. The molecule has 1 atom stereocenters. The molecule has 0 aliphatic rings. The topological polar surface area (TPSA) is 55.4 Å². The summed E-state index contributed by atoms with van der Waals surface area (Å²) in [6, 6.07) is 8.28. The van der Waals surface area contributed by atoms with Gasteiger partial charge in [0.15, 0.2) is 5.78 Å². The third kappa shape index (κ3) is 5.36. The molecule has 0 fully saturated rings. The molecule has 20 heavy (non-hydrogen) atoms. The third-order valence-electron chi connectivity index (χ3n) is 2.46. The highest BCUT2D eigenvalue weighted by Crippen LogP contribution is 2.07. The minimum atomic E-state index is -0.607. The molecule has 0 heterocycles. The summed E-state index contributed by atoms with van der Waals surface area (Å²) in [5.41, 5.74) is 0.0420. The minimum Gasteiger partial charge on any atom is -0.459 e. The van der Waals surface area contributed by atoms with E-state index in [1.54, 1.807) is 45.0 Å². The van der Waals surface area contributed by atoms with Gasteiger partial charge in [-0.3, -0.25) is 14.9 Å².